The van der Waals surface area contributed by atoms with Gasteiger partial charge < -0.3 is 0 Å². The molecule has 1 unspecified atom stereocenters. The molecule has 2 rings (SSSR count). The molecule has 0 N–H and O–H groups in total. The van der Waals surface area contributed by atoms with Crippen LogP contribution in [0.15, 0.2) is 51.8 Å². The van der Waals surface area contributed by atoms with E-state index in [1.807, 2.05) is 0 Å². The smallest absolute Gasteiger partial charge is 0.137 e. The zero-order valence-corrected chi connectivity index (χ0v) is 13.6. The molecule has 0 nitrogen and oxygen atoms in total. The van der Waals surface area contributed by atoms with Crippen molar-refractivity contribution in [2.24, 2.45) is 0 Å². The summed E-state index contributed by atoms with van der Waals surface area (Å²) < 4.78 is 13.7. The van der Waals surface area contributed by atoms with Crippen molar-refractivity contribution in [2.45, 2.75) is 9.72 Å². The van der Waals surface area contributed by atoms with E-state index in [0.717, 1.165) is 11.1 Å². The van der Waals surface area contributed by atoms with Crippen LogP contribution in [0.2, 0.25) is 0 Å². The second-order valence-electron chi connectivity index (χ2n) is 3.81. The van der Waals surface area contributed by atoms with E-state index in [0.29, 0.717) is 4.47 Å². The summed E-state index contributed by atoms with van der Waals surface area (Å²) in [5.41, 5.74) is 2.19. The predicted molar refractivity (Wildman–Crippen MR) is 83.1 cm³/mol. The molecule has 0 saturated heterocycles. The maximum Gasteiger partial charge on any atom is 0.137 e. The Hall–Kier alpha value is -0.320. The molecule has 0 amide bonds. The van der Waals surface area contributed by atoms with Gasteiger partial charge in [0.25, 0.3) is 0 Å². The van der Waals surface area contributed by atoms with Crippen LogP contribution < -0.4 is 0 Å². The molecule has 0 saturated carbocycles. The normalized spacial score (nSPS) is 12.4. The van der Waals surface area contributed by atoms with Crippen molar-refractivity contribution in [3.05, 3.63) is 63.9 Å². The quantitative estimate of drug-likeness (QED) is 0.472. The molecule has 18 heavy (non-hydrogen) atoms. The van der Waals surface area contributed by atoms with E-state index in [2.05, 4.69) is 62.4 Å². The highest BCUT2D eigenvalue weighted by Crippen LogP contribution is 2.33. The van der Waals surface area contributed by atoms with Crippen LogP contribution in [0.25, 0.3) is 0 Å². The highest BCUT2D eigenvalue weighted by atomic mass is 79.9. The van der Waals surface area contributed by atoms with Crippen molar-refractivity contribution < 1.29 is 4.39 Å². The van der Waals surface area contributed by atoms with Crippen molar-refractivity contribution in [3.63, 3.8) is 0 Å². The Balaban J connectivity index is 2.28. The molecule has 0 aromatic heterocycles. The van der Waals surface area contributed by atoms with Crippen molar-refractivity contribution in [3.8, 4) is 0 Å². The number of hydrogen-bond acceptors (Lipinski definition) is 1. The fraction of sp³-hybridized carbons (Fsp3) is 0.143. The maximum atomic E-state index is 13.2. The summed E-state index contributed by atoms with van der Waals surface area (Å²) in [6, 6.07) is 13.4. The number of alkyl halides is 1. The molecule has 0 heterocycles. The van der Waals surface area contributed by atoms with E-state index >= 15 is 0 Å². The fourth-order valence-electron chi connectivity index (χ4n) is 1.64. The van der Waals surface area contributed by atoms with Crippen molar-refractivity contribution >= 4 is 43.6 Å². The third-order valence-corrected chi connectivity index (χ3v) is 5.05. The molecule has 0 fully saturated rings. The van der Waals surface area contributed by atoms with Gasteiger partial charge in [-0.3, -0.25) is 0 Å². The number of hydrogen-bond donors (Lipinski definition) is 0. The molecule has 0 radical (unpaired) electrons. The number of rotatable bonds is 3. The molecule has 4 heteroatoms. The molecule has 2 aromatic rings. The van der Waals surface area contributed by atoms with Gasteiger partial charge in [0, 0.05) is 4.90 Å². The van der Waals surface area contributed by atoms with Gasteiger partial charge in [-0.2, -0.15) is 0 Å². The Kier molecular flexibility index (Phi) is 4.87. The average Bonchev–Trinajstić information content (AvgIpc) is 2.41. The fourth-order valence-corrected chi connectivity index (χ4v) is 3.03. The Morgan fingerprint density at radius 2 is 1.67 bits per heavy atom. The molecular formula is C14H11Br2FS. The summed E-state index contributed by atoms with van der Waals surface area (Å²) in [4.78, 5) is 1.31. The van der Waals surface area contributed by atoms with Crippen LogP contribution in [0.1, 0.15) is 16.0 Å². The molecule has 0 aliphatic rings. The molecule has 2 aromatic carbocycles. The van der Waals surface area contributed by atoms with Gasteiger partial charge in [0.1, 0.15) is 5.82 Å². The van der Waals surface area contributed by atoms with Crippen molar-refractivity contribution in [1.82, 2.24) is 0 Å². The van der Waals surface area contributed by atoms with Crippen molar-refractivity contribution in [1.29, 1.82) is 0 Å². The lowest BCUT2D eigenvalue weighted by Crippen LogP contribution is -1.93. The van der Waals surface area contributed by atoms with Gasteiger partial charge in [-0.05, 0) is 57.6 Å². The number of thioether (sulfide) groups is 1. The Bertz CT molecular complexity index is 540. The first kappa shape index (κ1) is 14.1. The van der Waals surface area contributed by atoms with Gasteiger partial charge in [-0.1, -0.05) is 34.1 Å². The number of benzene rings is 2. The van der Waals surface area contributed by atoms with Gasteiger partial charge in [0.05, 0.1) is 9.30 Å². The second-order valence-corrected chi connectivity index (χ2v) is 6.46. The van der Waals surface area contributed by atoms with Crippen LogP contribution in [-0.2, 0) is 0 Å². The Morgan fingerprint density at radius 3 is 2.22 bits per heavy atom. The van der Waals surface area contributed by atoms with Crippen LogP contribution in [0.3, 0.4) is 0 Å². The summed E-state index contributed by atoms with van der Waals surface area (Å²) in [5.74, 6) is -0.240. The van der Waals surface area contributed by atoms with Gasteiger partial charge >= 0.3 is 0 Å². The summed E-state index contributed by atoms with van der Waals surface area (Å²) >= 11 is 8.58. The van der Waals surface area contributed by atoms with Gasteiger partial charge in [-0.15, -0.1) is 11.8 Å². The number of halogens is 3. The average molecular weight is 390 g/mol. The summed E-state index contributed by atoms with van der Waals surface area (Å²) in [7, 11) is 0. The molecule has 0 spiro atoms. The molecule has 0 aliphatic heterocycles. The second kappa shape index (κ2) is 6.22. The minimum Gasteiger partial charge on any atom is -0.206 e. The van der Waals surface area contributed by atoms with Crippen molar-refractivity contribution in [2.75, 3.05) is 6.26 Å². The maximum absolute atomic E-state index is 13.2. The van der Waals surface area contributed by atoms with E-state index in [1.54, 1.807) is 23.9 Å². The third-order valence-electron chi connectivity index (χ3n) is 2.64. The Labute approximate surface area is 127 Å². The lowest BCUT2D eigenvalue weighted by atomic mass is 10.1. The minimum absolute atomic E-state index is 0.0744. The standard InChI is InChI=1S/C14H11Br2FS/c1-18-11-5-2-9(3-6-11)14(16)10-4-7-13(17)12(15)8-10/h2-8,14H,1H3. The van der Waals surface area contributed by atoms with Gasteiger partial charge in [0.15, 0.2) is 0 Å². The largest absolute Gasteiger partial charge is 0.206 e. The van der Waals surface area contributed by atoms with Crippen LogP contribution in [0.4, 0.5) is 4.39 Å². The van der Waals surface area contributed by atoms with Crippen LogP contribution in [0.5, 0.6) is 0 Å². The monoisotopic (exact) mass is 388 g/mol. The van der Waals surface area contributed by atoms with E-state index in [4.69, 9.17) is 0 Å². The first-order chi connectivity index (χ1) is 8.61. The topological polar surface area (TPSA) is 0 Å². The Morgan fingerprint density at radius 1 is 1.06 bits per heavy atom. The molecule has 0 aliphatic carbocycles. The molecule has 94 valence electrons. The summed E-state index contributed by atoms with van der Waals surface area (Å²) in [6.45, 7) is 0. The summed E-state index contributed by atoms with van der Waals surface area (Å²) in [5, 5.41) is 0. The van der Waals surface area contributed by atoms with E-state index in [9.17, 15) is 4.39 Å². The summed E-state index contributed by atoms with van der Waals surface area (Å²) in [6.07, 6.45) is 2.05. The minimum atomic E-state index is -0.240. The first-order valence-corrected chi connectivity index (χ1v) is 8.28. The van der Waals surface area contributed by atoms with Gasteiger partial charge in [0.2, 0.25) is 0 Å². The SMILES string of the molecule is CSc1ccc(C(Br)c2ccc(F)c(Br)c2)cc1. The highest BCUT2D eigenvalue weighted by Gasteiger charge is 2.12. The lowest BCUT2D eigenvalue weighted by molar-refractivity contribution is 0.620. The third kappa shape index (κ3) is 3.16. The van der Waals surface area contributed by atoms with E-state index in [-0.39, 0.29) is 10.6 Å². The molecule has 0 bridgehead atoms. The van der Waals surface area contributed by atoms with Crippen LogP contribution >= 0.6 is 43.6 Å². The molecule has 1 atom stereocenters. The van der Waals surface area contributed by atoms with E-state index in [1.165, 1.54) is 11.0 Å². The predicted octanol–water partition coefficient (Wildman–Crippen LogP) is 5.79. The zero-order chi connectivity index (χ0) is 13.1. The zero-order valence-electron chi connectivity index (χ0n) is 9.66. The van der Waals surface area contributed by atoms with Crippen LogP contribution in [-0.4, -0.2) is 6.26 Å². The first-order valence-electron chi connectivity index (χ1n) is 5.35. The van der Waals surface area contributed by atoms with E-state index < -0.39 is 0 Å². The highest BCUT2D eigenvalue weighted by molar-refractivity contribution is 9.10. The van der Waals surface area contributed by atoms with Gasteiger partial charge in [-0.25, -0.2) is 4.39 Å². The van der Waals surface area contributed by atoms with Crippen LogP contribution in [0, 0.1) is 5.82 Å². The lowest BCUT2D eigenvalue weighted by Gasteiger charge is -2.12. The molecular weight excluding hydrogens is 379 g/mol.